The molecule has 2 rings (SSSR count). The van der Waals surface area contributed by atoms with Crippen LogP contribution in [0.5, 0.6) is 5.75 Å². The third-order valence-corrected chi connectivity index (χ3v) is 2.86. The lowest BCUT2D eigenvalue weighted by molar-refractivity contribution is -0.120. The van der Waals surface area contributed by atoms with Gasteiger partial charge in [0.1, 0.15) is 11.5 Å². The normalized spacial score (nSPS) is 14.8. The maximum atomic E-state index is 11.4. The molecular formula is C14H18O2. The number of para-hydroxylation sites is 1. The largest absolute Gasteiger partial charge is 0.494 e. The number of benzene rings is 1. The minimum atomic E-state index is 0.412. The molecule has 1 fully saturated rings. The van der Waals surface area contributed by atoms with E-state index in [0.717, 1.165) is 37.9 Å². The van der Waals surface area contributed by atoms with E-state index < -0.39 is 0 Å². The lowest BCUT2D eigenvalue weighted by atomic mass is 10.1. The standard InChI is InChI=1S/C14H18O2/c15-14(12-9-10-12)8-4-5-11-16-13-6-2-1-3-7-13/h1-3,6-7,12H,4-5,8-11H2. The molecule has 1 saturated carbocycles. The van der Waals surface area contributed by atoms with Crippen LogP contribution >= 0.6 is 0 Å². The summed E-state index contributed by atoms with van der Waals surface area (Å²) in [6.07, 6.45) is 4.91. The molecule has 0 heterocycles. The van der Waals surface area contributed by atoms with Crippen molar-refractivity contribution in [2.75, 3.05) is 6.61 Å². The van der Waals surface area contributed by atoms with Gasteiger partial charge in [-0.1, -0.05) is 18.2 Å². The molecule has 0 aliphatic heterocycles. The Labute approximate surface area is 96.6 Å². The lowest BCUT2D eigenvalue weighted by Gasteiger charge is -2.05. The van der Waals surface area contributed by atoms with Gasteiger partial charge in [0, 0.05) is 12.3 Å². The van der Waals surface area contributed by atoms with Crippen LogP contribution in [0, 0.1) is 5.92 Å². The summed E-state index contributed by atoms with van der Waals surface area (Å²) in [5, 5.41) is 0. The number of carbonyl (C=O) groups is 1. The van der Waals surface area contributed by atoms with E-state index in [4.69, 9.17) is 4.74 Å². The van der Waals surface area contributed by atoms with Crippen LogP contribution in [0.1, 0.15) is 32.1 Å². The third-order valence-electron chi connectivity index (χ3n) is 2.86. The highest BCUT2D eigenvalue weighted by molar-refractivity contribution is 5.82. The van der Waals surface area contributed by atoms with E-state index in [1.807, 2.05) is 30.3 Å². The summed E-state index contributed by atoms with van der Waals surface area (Å²) in [4.78, 5) is 11.4. The van der Waals surface area contributed by atoms with Gasteiger partial charge in [-0.05, 0) is 37.8 Å². The van der Waals surface area contributed by atoms with Crippen molar-refractivity contribution < 1.29 is 9.53 Å². The van der Waals surface area contributed by atoms with Crippen molar-refractivity contribution in [2.45, 2.75) is 32.1 Å². The summed E-state index contributed by atoms with van der Waals surface area (Å²) in [7, 11) is 0. The molecule has 0 aromatic heterocycles. The second-order valence-electron chi connectivity index (χ2n) is 4.36. The second kappa shape index (κ2) is 5.69. The molecule has 2 heteroatoms. The first kappa shape index (κ1) is 11.2. The molecule has 86 valence electrons. The maximum Gasteiger partial charge on any atom is 0.135 e. The predicted octanol–water partition coefficient (Wildman–Crippen LogP) is 3.21. The van der Waals surface area contributed by atoms with Gasteiger partial charge in [-0.25, -0.2) is 0 Å². The third kappa shape index (κ3) is 3.69. The zero-order chi connectivity index (χ0) is 11.2. The molecular weight excluding hydrogens is 200 g/mol. The summed E-state index contributed by atoms with van der Waals surface area (Å²) in [5.74, 6) is 1.78. The molecule has 0 unspecified atom stereocenters. The fraction of sp³-hybridized carbons (Fsp3) is 0.500. The van der Waals surface area contributed by atoms with Gasteiger partial charge in [0.15, 0.2) is 0 Å². The van der Waals surface area contributed by atoms with Gasteiger partial charge >= 0.3 is 0 Å². The van der Waals surface area contributed by atoms with E-state index in [1.165, 1.54) is 0 Å². The maximum absolute atomic E-state index is 11.4. The van der Waals surface area contributed by atoms with Crippen LogP contribution in [0.15, 0.2) is 30.3 Å². The molecule has 16 heavy (non-hydrogen) atoms. The SMILES string of the molecule is O=C(CCCCOc1ccccc1)C1CC1. The summed E-state index contributed by atoms with van der Waals surface area (Å²) in [5.41, 5.74) is 0. The van der Waals surface area contributed by atoms with Crippen LogP contribution < -0.4 is 4.74 Å². The number of hydrogen-bond donors (Lipinski definition) is 0. The van der Waals surface area contributed by atoms with Gasteiger partial charge in [-0.3, -0.25) is 4.79 Å². The van der Waals surface area contributed by atoms with Crippen LogP contribution in [-0.4, -0.2) is 12.4 Å². The van der Waals surface area contributed by atoms with E-state index in [-0.39, 0.29) is 0 Å². The number of rotatable bonds is 7. The molecule has 1 aromatic rings. The van der Waals surface area contributed by atoms with Crippen molar-refractivity contribution in [3.63, 3.8) is 0 Å². The Kier molecular flexibility index (Phi) is 3.97. The summed E-state index contributed by atoms with van der Waals surface area (Å²) < 4.78 is 5.55. The minimum absolute atomic E-state index is 0.412. The Morgan fingerprint density at radius 3 is 2.62 bits per heavy atom. The van der Waals surface area contributed by atoms with Crippen molar-refractivity contribution in [3.05, 3.63) is 30.3 Å². The highest BCUT2D eigenvalue weighted by atomic mass is 16.5. The number of ketones is 1. The van der Waals surface area contributed by atoms with Gasteiger partial charge in [0.2, 0.25) is 0 Å². The fourth-order valence-corrected chi connectivity index (χ4v) is 1.72. The van der Waals surface area contributed by atoms with Gasteiger partial charge in [0.25, 0.3) is 0 Å². The first-order valence-electron chi connectivity index (χ1n) is 6.07. The predicted molar refractivity (Wildman–Crippen MR) is 63.5 cm³/mol. The molecule has 2 nitrogen and oxygen atoms in total. The van der Waals surface area contributed by atoms with E-state index in [0.29, 0.717) is 18.3 Å². The Morgan fingerprint density at radius 1 is 1.19 bits per heavy atom. The molecule has 0 atom stereocenters. The zero-order valence-electron chi connectivity index (χ0n) is 9.52. The van der Waals surface area contributed by atoms with Crippen molar-refractivity contribution in [3.8, 4) is 5.75 Å². The molecule has 1 aliphatic carbocycles. The van der Waals surface area contributed by atoms with Crippen molar-refractivity contribution in [2.24, 2.45) is 5.92 Å². The lowest BCUT2D eigenvalue weighted by Crippen LogP contribution is -2.02. The number of Topliss-reactive ketones (excluding diaryl/α,β-unsaturated/α-hetero) is 1. The van der Waals surface area contributed by atoms with Crippen molar-refractivity contribution in [1.82, 2.24) is 0 Å². The average Bonchev–Trinajstić information content (AvgIpc) is 3.13. The number of carbonyl (C=O) groups excluding carboxylic acids is 1. The molecule has 0 bridgehead atoms. The van der Waals surface area contributed by atoms with Gasteiger partial charge < -0.3 is 4.74 Å². The zero-order valence-corrected chi connectivity index (χ0v) is 9.52. The van der Waals surface area contributed by atoms with Crippen molar-refractivity contribution in [1.29, 1.82) is 0 Å². The number of ether oxygens (including phenoxy) is 1. The Hall–Kier alpha value is -1.31. The minimum Gasteiger partial charge on any atom is -0.494 e. The fourth-order valence-electron chi connectivity index (χ4n) is 1.72. The summed E-state index contributed by atoms with van der Waals surface area (Å²) in [6.45, 7) is 0.710. The highest BCUT2D eigenvalue weighted by Gasteiger charge is 2.28. The first-order chi connectivity index (χ1) is 7.86. The van der Waals surface area contributed by atoms with Crippen molar-refractivity contribution >= 4 is 5.78 Å². The molecule has 0 spiro atoms. The summed E-state index contributed by atoms with van der Waals surface area (Å²) >= 11 is 0. The molecule has 1 aromatic carbocycles. The van der Waals surface area contributed by atoms with Crippen LogP contribution in [0.4, 0.5) is 0 Å². The molecule has 1 aliphatic rings. The Bertz CT molecular complexity index is 328. The Morgan fingerprint density at radius 2 is 1.94 bits per heavy atom. The van der Waals surface area contributed by atoms with Gasteiger partial charge in [-0.15, -0.1) is 0 Å². The molecule has 0 amide bonds. The first-order valence-corrected chi connectivity index (χ1v) is 6.07. The number of hydrogen-bond acceptors (Lipinski definition) is 2. The van der Waals surface area contributed by atoms with Crippen LogP contribution in [-0.2, 0) is 4.79 Å². The molecule has 0 N–H and O–H groups in total. The monoisotopic (exact) mass is 218 g/mol. The molecule has 0 saturated heterocycles. The van der Waals surface area contributed by atoms with Crippen LogP contribution in [0.25, 0.3) is 0 Å². The van der Waals surface area contributed by atoms with Gasteiger partial charge in [-0.2, -0.15) is 0 Å². The highest BCUT2D eigenvalue weighted by Crippen LogP contribution is 2.31. The quantitative estimate of drug-likeness (QED) is 0.657. The molecule has 0 radical (unpaired) electrons. The average molecular weight is 218 g/mol. The van der Waals surface area contributed by atoms with Crippen LogP contribution in [0.2, 0.25) is 0 Å². The van der Waals surface area contributed by atoms with E-state index >= 15 is 0 Å². The number of unbranched alkanes of at least 4 members (excludes halogenated alkanes) is 1. The van der Waals surface area contributed by atoms with E-state index in [9.17, 15) is 4.79 Å². The van der Waals surface area contributed by atoms with Gasteiger partial charge in [0.05, 0.1) is 6.61 Å². The Balaban J connectivity index is 1.53. The second-order valence-corrected chi connectivity index (χ2v) is 4.36. The summed E-state index contributed by atoms with van der Waals surface area (Å²) in [6, 6.07) is 9.81. The van der Waals surface area contributed by atoms with Crippen LogP contribution in [0.3, 0.4) is 0 Å². The van der Waals surface area contributed by atoms with E-state index in [1.54, 1.807) is 0 Å². The topological polar surface area (TPSA) is 26.3 Å². The van der Waals surface area contributed by atoms with E-state index in [2.05, 4.69) is 0 Å². The smallest absolute Gasteiger partial charge is 0.135 e.